The smallest absolute Gasteiger partial charge is 0.244 e. The second kappa shape index (κ2) is 9.26. The highest BCUT2D eigenvalue weighted by molar-refractivity contribution is 5.84. The number of benzene rings is 1. The molecule has 0 aromatic heterocycles. The Bertz CT molecular complexity index is 726. The standard InChI is InChI=1S/C23H33N3O2/c1-4-18-8-10-19(11-9-18)21-12-13-23(28)26(25-21)15-14-22(27)24-20-7-5-6-16(2)17(20)3/h8-12,16-17,20,25H,4-7,13-15H2,1-3H3,(H,24,27). The highest BCUT2D eigenvalue weighted by Crippen LogP contribution is 2.29. The molecule has 2 aliphatic rings. The number of carbonyl (C=O) groups excluding carboxylic acids is 2. The number of nitrogens with zero attached hydrogens (tertiary/aromatic N) is 1. The van der Waals surface area contributed by atoms with Crippen LogP contribution in [0.2, 0.25) is 0 Å². The van der Waals surface area contributed by atoms with Crippen LogP contribution in [0.25, 0.3) is 5.70 Å². The third-order valence-corrected chi connectivity index (χ3v) is 6.33. The molecule has 3 unspecified atom stereocenters. The van der Waals surface area contributed by atoms with Gasteiger partial charge in [0.15, 0.2) is 0 Å². The molecule has 1 saturated carbocycles. The van der Waals surface area contributed by atoms with Gasteiger partial charge in [-0.25, -0.2) is 0 Å². The van der Waals surface area contributed by atoms with Gasteiger partial charge in [-0.1, -0.05) is 57.9 Å². The monoisotopic (exact) mass is 383 g/mol. The SMILES string of the molecule is CCc1ccc(C2=CCC(=O)N(CCC(=O)NC3CCCC(C)C3C)N2)cc1. The maximum absolute atomic E-state index is 12.4. The van der Waals surface area contributed by atoms with Crippen LogP contribution in [0.5, 0.6) is 0 Å². The topological polar surface area (TPSA) is 61.4 Å². The summed E-state index contributed by atoms with van der Waals surface area (Å²) in [5.41, 5.74) is 6.47. The van der Waals surface area contributed by atoms with Gasteiger partial charge in [0.25, 0.3) is 0 Å². The Hall–Kier alpha value is -2.30. The van der Waals surface area contributed by atoms with Gasteiger partial charge in [-0.2, -0.15) is 0 Å². The molecular weight excluding hydrogens is 350 g/mol. The van der Waals surface area contributed by atoms with E-state index in [0.717, 1.165) is 24.1 Å². The molecule has 2 amide bonds. The summed E-state index contributed by atoms with van der Waals surface area (Å²) in [6, 6.07) is 8.62. The molecular formula is C23H33N3O2. The molecule has 1 fully saturated rings. The zero-order valence-electron chi connectivity index (χ0n) is 17.3. The van der Waals surface area contributed by atoms with E-state index < -0.39 is 0 Å². The summed E-state index contributed by atoms with van der Waals surface area (Å²) in [7, 11) is 0. The van der Waals surface area contributed by atoms with Gasteiger partial charge in [0, 0.05) is 18.9 Å². The van der Waals surface area contributed by atoms with Gasteiger partial charge in [-0.05, 0) is 41.9 Å². The first-order valence-electron chi connectivity index (χ1n) is 10.6. The number of hydrogen-bond donors (Lipinski definition) is 2. The van der Waals surface area contributed by atoms with E-state index in [2.05, 4.69) is 55.8 Å². The van der Waals surface area contributed by atoms with E-state index in [1.165, 1.54) is 18.4 Å². The average molecular weight is 384 g/mol. The number of amides is 2. The zero-order valence-corrected chi connectivity index (χ0v) is 17.3. The average Bonchev–Trinajstić information content (AvgIpc) is 2.71. The largest absolute Gasteiger partial charge is 0.353 e. The second-order valence-corrected chi connectivity index (χ2v) is 8.22. The second-order valence-electron chi connectivity index (χ2n) is 8.22. The molecule has 0 radical (unpaired) electrons. The highest BCUT2D eigenvalue weighted by atomic mass is 16.2. The lowest BCUT2D eigenvalue weighted by atomic mass is 9.78. The van der Waals surface area contributed by atoms with Crippen LogP contribution in [0.1, 0.15) is 64.0 Å². The van der Waals surface area contributed by atoms with Crippen LogP contribution < -0.4 is 10.7 Å². The van der Waals surface area contributed by atoms with E-state index in [0.29, 0.717) is 31.2 Å². The van der Waals surface area contributed by atoms with E-state index >= 15 is 0 Å². The molecule has 152 valence electrons. The summed E-state index contributed by atoms with van der Waals surface area (Å²) in [6.45, 7) is 7.00. The number of aryl methyl sites for hydroxylation is 1. The van der Waals surface area contributed by atoms with Crippen molar-refractivity contribution in [2.45, 2.75) is 65.3 Å². The third-order valence-electron chi connectivity index (χ3n) is 6.33. The molecule has 1 aromatic rings. The lowest BCUT2D eigenvalue weighted by Gasteiger charge is -2.35. The first-order valence-corrected chi connectivity index (χ1v) is 10.6. The van der Waals surface area contributed by atoms with E-state index in [4.69, 9.17) is 0 Å². The Morgan fingerprint density at radius 1 is 1.21 bits per heavy atom. The summed E-state index contributed by atoms with van der Waals surface area (Å²) in [4.78, 5) is 24.7. The maximum Gasteiger partial charge on any atom is 0.244 e. The molecule has 28 heavy (non-hydrogen) atoms. The van der Waals surface area contributed by atoms with E-state index in [9.17, 15) is 9.59 Å². The van der Waals surface area contributed by atoms with Crippen LogP contribution in [0.15, 0.2) is 30.3 Å². The molecule has 1 aliphatic carbocycles. The van der Waals surface area contributed by atoms with Gasteiger partial charge in [0.05, 0.1) is 12.2 Å². The maximum atomic E-state index is 12.4. The van der Waals surface area contributed by atoms with E-state index in [-0.39, 0.29) is 17.9 Å². The zero-order chi connectivity index (χ0) is 20.1. The number of carbonyl (C=O) groups is 2. The van der Waals surface area contributed by atoms with Crippen molar-refractivity contribution in [3.8, 4) is 0 Å². The van der Waals surface area contributed by atoms with Crippen molar-refractivity contribution < 1.29 is 9.59 Å². The molecule has 3 atom stereocenters. The van der Waals surface area contributed by atoms with Crippen LogP contribution in [0.3, 0.4) is 0 Å². The normalized spacial score (nSPS) is 25.1. The van der Waals surface area contributed by atoms with Gasteiger partial charge in [0.1, 0.15) is 0 Å². The number of nitrogens with one attached hydrogen (secondary N) is 2. The van der Waals surface area contributed by atoms with Crippen molar-refractivity contribution in [2.75, 3.05) is 6.54 Å². The minimum absolute atomic E-state index is 0.00128. The van der Waals surface area contributed by atoms with Crippen LogP contribution >= 0.6 is 0 Å². The third kappa shape index (κ3) is 4.94. The molecule has 3 rings (SSSR count). The highest BCUT2D eigenvalue weighted by Gasteiger charge is 2.28. The molecule has 5 heteroatoms. The lowest BCUT2D eigenvalue weighted by Crippen LogP contribution is -2.48. The molecule has 5 nitrogen and oxygen atoms in total. The van der Waals surface area contributed by atoms with Crippen molar-refractivity contribution >= 4 is 17.5 Å². The van der Waals surface area contributed by atoms with Gasteiger partial charge in [-0.3, -0.25) is 20.0 Å². The lowest BCUT2D eigenvalue weighted by molar-refractivity contribution is -0.133. The van der Waals surface area contributed by atoms with Crippen LogP contribution in [-0.2, 0) is 16.0 Å². The van der Waals surface area contributed by atoms with Gasteiger partial charge < -0.3 is 5.32 Å². The molecule has 1 aromatic carbocycles. The minimum Gasteiger partial charge on any atom is -0.353 e. The Morgan fingerprint density at radius 3 is 2.68 bits per heavy atom. The first kappa shape index (κ1) is 20.4. The molecule has 1 heterocycles. The minimum atomic E-state index is 0.00128. The van der Waals surface area contributed by atoms with Crippen LogP contribution in [0, 0.1) is 11.8 Å². The number of rotatable bonds is 6. The molecule has 0 bridgehead atoms. The Kier molecular flexibility index (Phi) is 6.76. The summed E-state index contributed by atoms with van der Waals surface area (Å²) < 4.78 is 0. The van der Waals surface area contributed by atoms with Crippen molar-refractivity contribution in [1.29, 1.82) is 0 Å². The van der Waals surface area contributed by atoms with Gasteiger partial charge in [-0.15, -0.1) is 0 Å². The molecule has 0 saturated heterocycles. The van der Waals surface area contributed by atoms with Gasteiger partial charge >= 0.3 is 0 Å². The molecule has 1 aliphatic heterocycles. The van der Waals surface area contributed by atoms with Gasteiger partial charge in [0.2, 0.25) is 11.8 Å². The molecule has 2 N–H and O–H groups in total. The fourth-order valence-electron chi connectivity index (χ4n) is 4.11. The summed E-state index contributed by atoms with van der Waals surface area (Å²) in [6.07, 6.45) is 7.07. The summed E-state index contributed by atoms with van der Waals surface area (Å²) in [5.74, 6) is 1.19. The fourth-order valence-corrected chi connectivity index (χ4v) is 4.11. The van der Waals surface area contributed by atoms with Crippen molar-refractivity contribution in [2.24, 2.45) is 11.8 Å². The predicted molar refractivity (Wildman–Crippen MR) is 112 cm³/mol. The summed E-state index contributed by atoms with van der Waals surface area (Å²) >= 11 is 0. The van der Waals surface area contributed by atoms with Crippen LogP contribution in [-0.4, -0.2) is 29.4 Å². The van der Waals surface area contributed by atoms with Crippen molar-refractivity contribution in [3.05, 3.63) is 41.5 Å². The van der Waals surface area contributed by atoms with E-state index in [1.807, 2.05) is 6.08 Å². The fraction of sp³-hybridized carbons (Fsp3) is 0.565. The van der Waals surface area contributed by atoms with E-state index in [1.54, 1.807) is 5.01 Å². The predicted octanol–water partition coefficient (Wildman–Crippen LogP) is 3.66. The van der Waals surface area contributed by atoms with Crippen molar-refractivity contribution in [1.82, 2.24) is 15.8 Å². The van der Waals surface area contributed by atoms with Crippen molar-refractivity contribution in [3.63, 3.8) is 0 Å². The Morgan fingerprint density at radius 2 is 1.96 bits per heavy atom. The number of hydrogen-bond acceptors (Lipinski definition) is 3. The Labute approximate surface area is 168 Å². The number of hydrazine groups is 1. The first-order chi connectivity index (χ1) is 13.5. The quantitative estimate of drug-likeness (QED) is 0.788. The Balaban J connectivity index is 1.53. The van der Waals surface area contributed by atoms with Crippen LogP contribution in [0.4, 0.5) is 0 Å². The molecule has 0 spiro atoms. The summed E-state index contributed by atoms with van der Waals surface area (Å²) in [5, 5.41) is 4.77.